The number of amides is 1. The largest absolute Gasteiger partial charge is 0.348 e. The van der Waals surface area contributed by atoms with Crippen LogP contribution in [0.4, 0.5) is 0 Å². The monoisotopic (exact) mass is 240 g/mol. The number of hydrogen-bond donors (Lipinski definition) is 2. The Morgan fingerprint density at radius 2 is 2.19 bits per heavy atom. The second-order valence-corrected chi connectivity index (χ2v) is 6.05. The smallest absolute Gasteiger partial charge is 0.227 e. The van der Waals surface area contributed by atoms with E-state index < -0.39 is 5.41 Å². The van der Waals surface area contributed by atoms with Crippen molar-refractivity contribution in [2.45, 2.75) is 33.7 Å². The molecule has 1 amide bonds. The van der Waals surface area contributed by atoms with Crippen LogP contribution in [-0.2, 0) is 4.79 Å². The third-order valence-corrected chi connectivity index (χ3v) is 3.84. The lowest BCUT2D eigenvalue weighted by molar-refractivity contribution is -0.129. The molecule has 0 aliphatic carbocycles. The molecular weight excluding hydrogens is 220 g/mol. The highest BCUT2D eigenvalue weighted by Crippen LogP contribution is 2.23. The molecular formula is C12H20N2OS. The molecule has 0 aliphatic rings. The SMILES string of the molecule is Cc1ccc(C(C)NC(=O)C(C)(C)CN)s1. The maximum absolute atomic E-state index is 11.9. The minimum Gasteiger partial charge on any atom is -0.348 e. The Hall–Kier alpha value is -0.870. The lowest BCUT2D eigenvalue weighted by Gasteiger charge is -2.23. The van der Waals surface area contributed by atoms with Crippen LogP contribution in [0.3, 0.4) is 0 Å². The van der Waals surface area contributed by atoms with Gasteiger partial charge in [0.15, 0.2) is 0 Å². The lowest BCUT2D eigenvalue weighted by atomic mass is 9.92. The number of aryl methyl sites for hydroxylation is 1. The molecule has 0 spiro atoms. The summed E-state index contributed by atoms with van der Waals surface area (Å²) in [6.45, 7) is 8.13. The van der Waals surface area contributed by atoms with Crippen LogP contribution in [-0.4, -0.2) is 12.5 Å². The molecule has 0 aliphatic heterocycles. The van der Waals surface area contributed by atoms with Crippen molar-refractivity contribution in [3.63, 3.8) is 0 Å². The Balaban J connectivity index is 2.65. The molecule has 0 bridgehead atoms. The molecule has 0 radical (unpaired) electrons. The summed E-state index contributed by atoms with van der Waals surface area (Å²) < 4.78 is 0. The van der Waals surface area contributed by atoms with E-state index in [0.717, 1.165) is 0 Å². The summed E-state index contributed by atoms with van der Waals surface area (Å²) in [6, 6.07) is 4.17. The van der Waals surface area contributed by atoms with Gasteiger partial charge >= 0.3 is 0 Å². The molecule has 1 rings (SSSR count). The summed E-state index contributed by atoms with van der Waals surface area (Å²) in [4.78, 5) is 14.3. The van der Waals surface area contributed by atoms with Gasteiger partial charge < -0.3 is 11.1 Å². The molecule has 90 valence electrons. The van der Waals surface area contributed by atoms with E-state index in [2.05, 4.69) is 24.4 Å². The Labute approximate surface area is 101 Å². The number of nitrogens with one attached hydrogen (secondary N) is 1. The van der Waals surface area contributed by atoms with Gasteiger partial charge in [-0.1, -0.05) is 0 Å². The zero-order valence-electron chi connectivity index (χ0n) is 10.3. The van der Waals surface area contributed by atoms with Crippen LogP contribution >= 0.6 is 11.3 Å². The van der Waals surface area contributed by atoms with Gasteiger partial charge in [-0.25, -0.2) is 0 Å². The van der Waals surface area contributed by atoms with E-state index in [9.17, 15) is 4.79 Å². The minimum atomic E-state index is -0.499. The zero-order valence-corrected chi connectivity index (χ0v) is 11.1. The predicted molar refractivity (Wildman–Crippen MR) is 68.4 cm³/mol. The molecule has 4 heteroatoms. The fourth-order valence-electron chi connectivity index (χ4n) is 1.24. The molecule has 3 N–H and O–H groups in total. The number of carbonyl (C=O) groups excluding carboxylic acids is 1. The van der Waals surface area contributed by atoms with E-state index in [1.807, 2.05) is 20.8 Å². The summed E-state index contributed by atoms with van der Waals surface area (Å²) in [6.07, 6.45) is 0. The van der Waals surface area contributed by atoms with E-state index in [1.165, 1.54) is 9.75 Å². The van der Waals surface area contributed by atoms with Crippen molar-refractivity contribution in [1.82, 2.24) is 5.32 Å². The van der Waals surface area contributed by atoms with Crippen molar-refractivity contribution in [2.24, 2.45) is 11.1 Å². The Morgan fingerprint density at radius 3 is 2.62 bits per heavy atom. The highest BCUT2D eigenvalue weighted by Gasteiger charge is 2.27. The van der Waals surface area contributed by atoms with Crippen LogP contribution in [0, 0.1) is 12.3 Å². The molecule has 0 aromatic carbocycles. The molecule has 1 aromatic rings. The van der Waals surface area contributed by atoms with E-state index in [1.54, 1.807) is 11.3 Å². The summed E-state index contributed by atoms with van der Waals surface area (Å²) in [7, 11) is 0. The van der Waals surface area contributed by atoms with Crippen LogP contribution in [0.1, 0.15) is 36.6 Å². The molecule has 1 heterocycles. The van der Waals surface area contributed by atoms with Crippen molar-refractivity contribution in [3.05, 3.63) is 21.9 Å². The quantitative estimate of drug-likeness (QED) is 0.848. The van der Waals surface area contributed by atoms with E-state index in [4.69, 9.17) is 5.73 Å². The van der Waals surface area contributed by atoms with Crippen LogP contribution in [0.15, 0.2) is 12.1 Å². The van der Waals surface area contributed by atoms with Crippen molar-refractivity contribution < 1.29 is 4.79 Å². The number of rotatable bonds is 4. The van der Waals surface area contributed by atoms with Gasteiger partial charge in [0.2, 0.25) is 5.91 Å². The molecule has 1 atom stereocenters. The predicted octanol–water partition coefficient (Wildman–Crippen LogP) is 2.22. The molecule has 0 fully saturated rings. The number of nitrogens with two attached hydrogens (primary N) is 1. The first kappa shape index (κ1) is 13.2. The topological polar surface area (TPSA) is 55.1 Å². The Kier molecular flexibility index (Phi) is 4.10. The van der Waals surface area contributed by atoms with Crippen LogP contribution < -0.4 is 11.1 Å². The Bertz CT molecular complexity index is 371. The molecule has 1 aromatic heterocycles. The average molecular weight is 240 g/mol. The van der Waals surface area contributed by atoms with Crippen LogP contribution in [0.25, 0.3) is 0 Å². The first-order valence-corrected chi connectivity index (χ1v) is 6.26. The van der Waals surface area contributed by atoms with Gasteiger partial charge in [-0.2, -0.15) is 0 Å². The zero-order chi connectivity index (χ0) is 12.3. The Morgan fingerprint density at radius 1 is 1.56 bits per heavy atom. The summed E-state index contributed by atoms with van der Waals surface area (Å²) in [5.41, 5.74) is 5.07. The summed E-state index contributed by atoms with van der Waals surface area (Å²) >= 11 is 1.71. The summed E-state index contributed by atoms with van der Waals surface area (Å²) in [5, 5.41) is 2.99. The van der Waals surface area contributed by atoms with Gasteiger partial charge in [-0.3, -0.25) is 4.79 Å². The van der Waals surface area contributed by atoms with Crippen molar-refractivity contribution in [2.75, 3.05) is 6.54 Å². The van der Waals surface area contributed by atoms with Crippen molar-refractivity contribution in [3.8, 4) is 0 Å². The van der Waals surface area contributed by atoms with Crippen LogP contribution in [0.5, 0.6) is 0 Å². The lowest BCUT2D eigenvalue weighted by Crippen LogP contribution is -2.42. The normalized spacial score (nSPS) is 13.6. The van der Waals surface area contributed by atoms with Crippen LogP contribution in [0.2, 0.25) is 0 Å². The fourth-order valence-corrected chi connectivity index (χ4v) is 2.12. The van der Waals surface area contributed by atoms with Crippen molar-refractivity contribution in [1.29, 1.82) is 0 Å². The number of carbonyl (C=O) groups is 1. The van der Waals surface area contributed by atoms with E-state index in [-0.39, 0.29) is 11.9 Å². The number of thiophene rings is 1. The average Bonchev–Trinajstić information content (AvgIpc) is 2.64. The maximum Gasteiger partial charge on any atom is 0.227 e. The maximum atomic E-state index is 11.9. The van der Waals surface area contributed by atoms with E-state index in [0.29, 0.717) is 6.54 Å². The third kappa shape index (κ3) is 3.06. The standard InChI is InChI=1S/C12H20N2OS/c1-8-5-6-10(16-8)9(2)14-11(15)12(3,4)7-13/h5-6,9H,7,13H2,1-4H3,(H,14,15). The second-order valence-electron chi connectivity index (χ2n) is 4.73. The first-order chi connectivity index (χ1) is 7.36. The van der Waals surface area contributed by atoms with Gasteiger partial charge in [0.05, 0.1) is 11.5 Å². The van der Waals surface area contributed by atoms with Gasteiger partial charge in [0.1, 0.15) is 0 Å². The minimum absolute atomic E-state index is 0.00792. The highest BCUT2D eigenvalue weighted by atomic mass is 32.1. The molecule has 0 saturated carbocycles. The summed E-state index contributed by atoms with van der Waals surface area (Å²) in [5.74, 6) is 0.00792. The fraction of sp³-hybridized carbons (Fsp3) is 0.583. The van der Waals surface area contributed by atoms with Gasteiger partial charge in [-0.05, 0) is 39.8 Å². The molecule has 1 unspecified atom stereocenters. The van der Waals surface area contributed by atoms with E-state index >= 15 is 0 Å². The van der Waals surface area contributed by atoms with Gasteiger partial charge in [-0.15, -0.1) is 11.3 Å². The molecule has 16 heavy (non-hydrogen) atoms. The van der Waals surface area contributed by atoms with Crippen molar-refractivity contribution >= 4 is 17.2 Å². The molecule has 3 nitrogen and oxygen atoms in total. The third-order valence-electron chi connectivity index (χ3n) is 2.66. The van der Waals surface area contributed by atoms with Gasteiger partial charge in [0.25, 0.3) is 0 Å². The molecule has 0 saturated heterocycles. The van der Waals surface area contributed by atoms with Gasteiger partial charge in [0, 0.05) is 16.3 Å². The highest BCUT2D eigenvalue weighted by molar-refractivity contribution is 7.12. The first-order valence-electron chi connectivity index (χ1n) is 5.44. The second kappa shape index (κ2) is 4.97. The number of hydrogen-bond acceptors (Lipinski definition) is 3.